The number of benzene rings is 1. The Balaban J connectivity index is 2.68. The molecule has 0 bridgehead atoms. The van der Waals surface area contributed by atoms with Crippen LogP contribution in [0.2, 0.25) is 0 Å². The molecule has 0 saturated heterocycles. The fourth-order valence-electron chi connectivity index (χ4n) is 1.74. The summed E-state index contributed by atoms with van der Waals surface area (Å²) in [5.74, 6) is -1.09. The third-order valence-electron chi connectivity index (χ3n) is 2.88. The lowest BCUT2D eigenvalue weighted by atomic mass is 9.98. The molecule has 0 aromatic heterocycles. The fourth-order valence-corrected chi connectivity index (χ4v) is 1.74. The molecule has 3 heteroatoms. The lowest BCUT2D eigenvalue weighted by Gasteiger charge is -2.11. The molecule has 94 valence electrons. The molecule has 0 radical (unpaired) electrons. The molecule has 2 atom stereocenters. The summed E-state index contributed by atoms with van der Waals surface area (Å²) >= 11 is 0. The van der Waals surface area contributed by atoms with Gasteiger partial charge in [-0.1, -0.05) is 31.2 Å². The van der Waals surface area contributed by atoms with Gasteiger partial charge < -0.3 is 9.84 Å². The molecule has 1 aromatic rings. The monoisotopic (exact) mass is 236 g/mol. The van der Waals surface area contributed by atoms with Crippen molar-refractivity contribution >= 4 is 5.97 Å². The summed E-state index contributed by atoms with van der Waals surface area (Å²) in [6.07, 6.45) is 1.61. The SMILES string of the molecule is COC(C)Cc1cccc(CC(C)C(=O)O)c1. The summed E-state index contributed by atoms with van der Waals surface area (Å²) in [6.45, 7) is 3.75. The van der Waals surface area contributed by atoms with Gasteiger partial charge in [0.15, 0.2) is 0 Å². The maximum atomic E-state index is 10.8. The number of ether oxygens (including phenoxy) is 1. The van der Waals surface area contributed by atoms with Gasteiger partial charge in [0.25, 0.3) is 0 Å². The van der Waals surface area contributed by atoms with Crippen LogP contribution in [0.1, 0.15) is 25.0 Å². The van der Waals surface area contributed by atoms with Crippen molar-refractivity contribution in [2.24, 2.45) is 5.92 Å². The predicted molar refractivity (Wildman–Crippen MR) is 67.1 cm³/mol. The first-order valence-electron chi connectivity index (χ1n) is 5.86. The van der Waals surface area contributed by atoms with Crippen molar-refractivity contribution < 1.29 is 14.6 Å². The van der Waals surface area contributed by atoms with Gasteiger partial charge in [0, 0.05) is 7.11 Å². The summed E-state index contributed by atoms with van der Waals surface area (Å²) in [6, 6.07) is 8.06. The summed E-state index contributed by atoms with van der Waals surface area (Å²) in [7, 11) is 1.70. The van der Waals surface area contributed by atoms with E-state index in [0.29, 0.717) is 6.42 Å². The highest BCUT2D eigenvalue weighted by atomic mass is 16.5. The Morgan fingerprint density at radius 2 is 1.88 bits per heavy atom. The van der Waals surface area contributed by atoms with Gasteiger partial charge >= 0.3 is 5.97 Å². The van der Waals surface area contributed by atoms with Crippen LogP contribution in [0.15, 0.2) is 24.3 Å². The van der Waals surface area contributed by atoms with E-state index >= 15 is 0 Å². The maximum Gasteiger partial charge on any atom is 0.306 e. The lowest BCUT2D eigenvalue weighted by molar-refractivity contribution is -0.141. The molecular formula is C14H20O3. The van der Waals surface area contributed by atoms with Crippen molar-refractivity contribution in [3.05, 3.63) is 35.4 Å². The van der Waals surface area contributed by atoms with Crippen LogP contribution in [0.25, 0.3) is 0 Å². The van der Waals surface area contributed by atoms with Gasteiger partial charge in [0.1, 0.15) is 0 Å². The molecule has 2 unspecified atom stereocenters. The zero-order valence-electron chi connectivity index (χ0n) is 10.6. The van der Waals surface area contributed by atoms with E-state index in [2.05, 4.69) is 6.07 Å². The molecular weight excluding hydrogens is 216 g/mol. The second kappa shape index (κ2) is 6.40. The Morgan fingerprint density at radius 1 is 1.29 bits per heavy atom. The zero-order chi connectivity index (χ0) is 12.8. The van der Waals surface area contributed by atoms with E-state index in [1.165, 1.54) is 5.56 Å². The molecule has 0 spiro atoms. The molecule has 0 aliphatic carbocycles. The first-order chi connectivity index (χ1) is 8.02. The minimum Gasteiger partial charge on any atom is -0.481 e. The second-order valence-corrected chi connectivity index (χ2v) is 4.51. The fraction of sp³-hybridized carbons (Fsp3) is 0.500. The van der Waals surface area contributed by atoms with Crippen molar-refractivity contribution in [2.75, 3.05) is 7.11 Å². The van der Waals surface area contributed by atoms with E-state index < -0.39 is 5.97 Å². The van der Waals surface area contributed by atoms with E-state index in [1.807, 2.05) is 25.1 Å². The first kappa shape index (κ1) is 13.7. The van der Waals surface area contributed by atoms with Gasteiger partial charge in [-0.15, -0.1) is 0 Å². The van der Waals surface area contributed by atoms with Gasteiger partial charge in [0.2, 0.25) is 0 Å². The Bertz CT molecular complexity index is 373. The number of rotatable bonds is 6. The predicted octanol–water partition coefficient (Wildman–Crippen LogP) is 2.53. The van der Waals surface area contributed by atoms with E-state index in [9.17, 15) is 4.79 Å². The maximum absolute atomic E-state index is 10.8. The van der Waals surface area contributed by atoms with Crippen LogP contribution in [0, 0.1) is 5.92 Å². The van der Waals surface area contributed by atoms with E-state index in [4.69, 9.17) is 9.84 Å². The van der Waals surface area contributed by atoms with Crippen LogP contribution >= 0.6 is 0 Å². The van der Waals surface area contributed by atoms with Crippen LogP contribution in [-0.4, -0.2) is 24.3 Å². The second-order valence-electron chi connectivity index (χ2n) is 4.51. The normalized spacial score (nSPS) is 14.3. The molecule has 1 aromatic carbocycles. The molecule has 0 aliphatic rings. The van der Waals surface area contributed by atoms with Crippen molar-refractivity contribution in [3.8, 4) is 0 Å². The number of carboxylic acids is 1. The minimum absolute atomic E-state index is 0.183. The average Bonchev–Trinajstić information content (AvgIpc) is 2.29. The van der Waals surface area contributed by atoms with Crippen molar-refractivity contribution in [1.82, 2.24) is 0 Å². The molecule has 3 nitrogen and oxygen atoms in total. The van der Waals surface area contributed by atoms with Crippen molar-refractivity contribution in [2.45, 2.75) is 32.8 Å². The topological polar surface area (TPSA) is 46.5 Å². The molecule has 0 saturated carbocycles. The quantitative estimate of drug-likeness (QED) is 0.825. The van der Waals surface area contributed by atoms with E-state index in [0.717, 1.165) is 12.0 Å². The summed E-state index contributed by atoms with van der Waals surface area (Å²) in [5.41, 5.74) is 2.26. The molecule has 0 heterocycles. The standard InChI is InChI=1S/C14H20O3/c1-10(14(15)16)7-12-5-4-6-13(9-12)8-11(2)17-3/h4-6,9-11H,7-8H2,1-3H3,(H,15,16). The molecule has 0 aliphatic heterocycles. The third kappa shape index (κ3) is 4.57. The zero-order valence-corrected chi connectivity index (χ0v) is 10.6. The molecule has 0 fully saturated rings. The number of hydrogen-bond donors (Lipinski definition) is 1. The van der Waals surface area contributed by atoms with Gasteiger partial charge in [-0.25, -0.2) is 0 Å². The summed E-state index contributed by atoms with van der Waals surface area (Å²) in [5, 5.41) is 8.88. The highest BCUT2D eigenvalue weighted by Crippen LogP contribution is 2.13. The van der Waals surface area contributed by atoms with Gasteiger partial charge in [-0.2, -0.15) is 0 Å². The van der Waals surface area contributed by atoms with Crippen LogP contribution in [0.4, 0.5) is 0 Å². The first-order valence-corrected chi connectivity index (χ1v) is 5.86. The summed E-state index contributed by atoms with van der Waals surface area (Å²) < 4.78 is 5.22. The number of aliphatic carboxylic acids is 1. The Hall–Kier alpha value is -1.35. The number of hydrogen-bond acceptors (Lipinski definition) is 2. The number of carboxylic acid groups (broad SMARTS) is 1. The molecule has 17 heavy (non-hydrogen) atoms. The van der Waals surface area contributed by atoms with Gasteiger partial charge in [-0.05, 0) is 30.9 Å². The smallest absolute Gasteiger partial charge is 0.306 e. The highest BCUT2D eigenvalue weighted by molar-refractivity contribution is 5.69. The largest absolute Gasteiger partial charge is 0.481 e. The Kier molecular flexibility index (Phi) is 5.16. The minimum atomic E-state index is -0.749. The van der Waals surface area contributed by atoms with Crippen LogP contribution in [0.3, 0.4) is 0 Å². The lowest BCUT2D eigenvalue weighted by Crippen LogP contribution is -2.13. The average molecular weight is 236 g/mol. The molecule has 1 N–H and O–H groups in total. The van der Waals surface area contributed by atoms with E-state index in [-0.39, 0.29) is 12.0 Å². The van der Waals surface area contributed by atoms with Gasteiger partial charge in [0.05, 0.1) is 12.0 Å². The van der Waals surface area contributed by atoms with E-state index in [1.54, 1.807) is 14.0 Å². The van der Waals surface area contributed by atoms with Gasteiger partial charge in [-0.3, -0.25) is 4.79 Å². The number of carbonyl (C=O) groups is 1. The number of methoxy groups -OCH3 is 1. The van der Waals surface area contributed by atoms with Crippen LogP contribution < -0.4 is 0 Å². The van der Waals surface area contributed by atoms with Crippen molar-refractivity contribution in [1.29, 1.82) is 0 Å². The molecule has 1 rings (SSSR count). The van der Waals surface area contributed by atoms with Crippen molar-refractivity contribution in [3.63, 3.8) is 0 Å². The van der Waals surface area contributed by atoms with Crippen LogP contribution in [-0.2, 0) is 22.4 Å². The highest BCUT2D eigenvalue weighted by Gasteiger charge is 2.12. The third-order valence-corrected chi connectivity index (χ3v) is 2.88. The Morgan fingerprint density at radius 3 is 2.41 bits per heavy atom. The Labute approximate surface area is 102 Å². The molecule has 0 amide bonds. The summed E-state index contributed by atoms with van der Waals surface area (Å²) in [4.78, 5) is 10.8. The van der Waals surface area contributed by atoms with Crippen LogP contribution in [0.5, 0.6) is 0 Å².